The summed E-state index contributed by atoms with van der Waals surface area (Å²) in [6.45, 7) is 14.3. The number of fused-ring (bicyclic) bond motifs is 4. The quantitative estimate of drug-likeness (QED) is 0.187. The van der Waals surface area contributed by atoms with Crippen LogP contribution in [0.1, 0.15) is 83.3 Å². The van der Waals surface area contributed by atoms with Crippen LogP contribution >= 0.6 is 0 Å². The molecule has 3 N–H and O–H groups in total. The number of carbonyl (C=O) groups is 5. The molecule has 10 nitrogen and oxygen atoms in total. The minimum absolute atomic E-state index is 0.0948. The first-order valence-corrected chi connectivity index (χ1v) is 19.1. The van der Waals surface area contributed by atoms with Gasteiger partial charge in [-0.15, -0.1) is 13.2 Å². The van der Waals surface area contributed by atoms with E-state index in [2.05, 4.69) is 62.0 Å². The number of Topliss-reactive ketones (excluding diaryl/α,β-unsaturated/α-hetero) is 1. The average Bonchev–Trinajstić information content (AvgIpc) is 3.46. The third-order valence-corrected chi connectivity index (χ3v) is 12.8. The summed E-state index contributed by atoms with van der Waals surface area (Å²) in [4.78, 5) is 70.1. The molecule has 10 heteroatoms. The average molecular weight is 701 g/mol. The van der Waals surface area contributed by atoms with E-state index in [0.717, 1.165) is 29.9 Å². The Kier molecular flexibility index (Phi) is 11.1. The highest BCUT2D eigenvalue weighted by atomic mass is 16.6. The first-order chi connectivity index (χ1) is 24.4. The number of allylic oxidation sites excluding steroid dienone is 1. The number of rotatable bonds is 14. The highest BCUT2D eigenvalue weighted by Gasteiger charge is 2.70. The zero-order valence-corrected chi connectivity index (χ0v) is 30.5. The number of alkyl carbamates (subject to hydrolysis) is 1. The first-order valence-electron chi connectivity index (χ1n) is 19.1. The number of nitrogens with zero attached hydrogens (tertiary/aromatic N) is 1. The fraction of sp³-hybridized carbons (Fsp3) is 0.634. The minimum atomic E-state index is -1.07. The first kappa shape index (κ1) is 36.8. The smallest absolute Gasteiger partial charge is 0.408 e. The summed E-state index contributed by atoms with van der Waals surface area (Å²) in [5.41, 5.74) is 2.13. The van der Waals surface area contributed by atoms with Gasteiger partial charge in [-0.25, -0.2) is 4.79 Å². The largest absolute Gasteiger partial charge is 0.446 e. The second-order valence-corrected chi connectivity index (χ2v) is 16.5. The van der Waals surface area contributed by atoms with Crippen molar-refractivity contribution in [1.82, 2.24) is 20.9 Å². The normalized spacial score (nSPS) is 29.8. The Morgan fingerprint density at radius 2 is 1.63 bits per heavy atom. The topological polar surface area (TPSA) is 134 Å². The van der Waals surface area contributed by atoms with Crippen LogP contribution in [0.25, 0.3) is 0 Å². The maximum Gasteiger partial charge on any atom is 0.408 e. The molecule has 1 aromatic carbocycles. The van der Waals surface area contributed by atoms with E-state index in [1.807, 2.05) is 12.1 Å². The van der Waals surface area contributed by atoms with Gasteiger partial charge < -0.3 is 25.6 Å². The van der Waals surface area contributed by atoms with Gasteiger partial charge in [0.25, 0.3) is 5.91 Å². The van der Waals surface area contributed by atoms with Gasteiger partial charge in [-0.1, -0.05) is 63.6 Å². The van der Waals surface area contributed by atoms with Crippen LogP contribution in [0, 0.1) is 40.9 Å². The van der Waals surface area contributed by atoms with Gasteiger partial charge in [-0.05, 0) is 110 Å². The molecule has 51 heavy (non-hydrogen) atoms. The molecule has 4 aliphatic carbocycles. The summed E-state index contributed by atoms with van der Waals surface area (Å²) in [6.07, 6.45) is 10.7. The highest BCUT2D eigenvalue weighted by Crippen LogP contribution is 2.65. The lowest BCUT2D eigenvalue weighted by Gasteiger charge is -2.42. The van der Waals surface area contributed by atoms with Crippen LogP contribution in [0.3, 0.4) is 0 Å². The summed E-state index contributed by atoms with van der Waals surface area (Å²) in [6, 6.07) is 5.29. The summed E-state index contributed by atoms with van der Waals surface area (Å²) < 4.78 is 6.09. The second-order valence-electron chi connectivity index (χ2n) is 16.5. The van der Waals surface area contributed by atoms with E-state index in [1.54, 1.807) is 11.0 Å². The van der Waals surface area contributed by atoms with Crippen molar-refractivity contribution in [3.63, 3.8) is 0 Å². The molecular weight excluding hydrogens is 644 g/mol. The van der Waals surface area contributed by atoms with Gasteiger partial charge in [0.15, 0.2) is 0 Å². The van der Waals surface area contributed by atoms with Crippen LogP contribution in [0.4, 0.5) is 4.79 Å². The van der Waals surface area contributed by atoms with Gasteiger partial charge in [0.2, 0.25) is 17.6 Å². The van der Waals surface area contributed by atoms with Crippen LogP contribution < -0.4 is 16.0 Å². The molecule has 6 rings (SSSR count). The summed E-state index contributed by atoms with van der Waals surface area (Å²) in [5, 5.41) is 8.38. The lowest BCUT2D eigenvalue weighted by atomic mass is 9.66. The van der Waals surface area contributed by atoms with E-state index in [1.165, 1.54) is 31.8 Å². The zero-order valence-electron chi connectivity index (χ0n) is 30.5. The lowest BCUT2D eigenvalue weighted by Crippen LogP contribution is -2.59. The molecule has 1 heterocycles. The molecule has 2 bridgehead atoms. The van der Waals surface area contributed by atoms with Crippen LogP contribution in [0.2, 0.25) is 0 Å². The Labute approximate surface area is 302 Å². The van der Waals surface area contributed by atoms with Gasteiger partial charge >= 0.3 is 6.09 Å². The number of ketones is 1. The van der Waals surface area contributed by atoms with Gasteiger partial charge in [0, 0.05) is 13.1 Å². The number of benzene rings is 1. The summed E-state index contributed by atoms with van der Waals surface area (Å²) in [5.74, 6) is -0.671. The molecular formula is C41H56N4O6. The van der Waals surface area contributed by atoms with Gasteiger partial charge in [-0.2, -0.15) is 0 Å². The third kappa shape index (κ3) is 7.80. The molecule has 0 aromatic heterocycles. The van der Waals surface area contributed by atoms with Crippen molar-refractivity contribution in [2.24, 2.45) is 40.9 Å². The molecule has 0 spiro atoms. The predicted molar refractivity (Wildman–Crippen MR) is 194 cm³/mol. The van der Waals surface area contributed by atoms with Crippen LogP contribution in [-0.2, 0) is 36.8 Å². The number of likely N-dealkylation sites (tertiary alicyclic amines) is 1. The molecule has 276 valence electrons. The molecule has 7 atom stereocenters. The van der Waals surface area contributed by atoms with E-state index in [-0.39, 0.29) is 48.1 Å². The monoisotopic (exact) mass is 700 g/mol. The molecule has 3 saturated carbocycles. The number of hydrogen-bond donors (Lipinski definition) is 3. The third-order valence-electron chi connectivity index (χ3n) is 12.8. The fourth-order valence-corrected chi connectivity index (χ4v) is 10.1. The molecule has 1 aliphatic heterocycles. The van der Waals surface area contributed by atoms with Crippen molar-refractivity contribution in [3.8, 4) is 0 Å². The van der Waals surface area contributed by atoms with E-state index < -0.39 is 41.8 Å². The molecule has 4 amide bonds. The van der Waals surface area contributed by atoms with Crippen molar-refractivity contribution in [2.45, 2.75) is 109 Å². The Bertz CT molecular complexity index is 1500. The lowest BCUT2D eigenvalue weighted by molar-refractivity contribution is -0.144. The van der Waals surface area contributed by atoms with Crippen molar-refractivity contribution in [3.05, 3.63) is 60.7 Å². The number of ether oxygens (including phenoxy) is 1. The number of nitrogens with one attached hydrogen (secondary N) is 3. The van der Waals surface area contributed by atoms with Gasteiger partial charge in [0.1, 0.15) is 18.2 Å². The van der Waals surface area contributed by atoms with E-state index in [4.69, 9.17) is 4.74 Å². The van der Waals surface area contributed by atoms with Crippen molar-refractivity contribution in [2.75, 3.05) is 13.1 Å². The molecule has 1 aromatic rings. The molecule has 5 unspecified atom stereocenters. The van der Waals surface area contributed by atoms with Crippen LogP contribution in [-0.4, -0.2) is 71.8 Å². The van der Waals surface area contributed by atoms with Crippen LogP contribution in [0.5, 0.6) is 0 Å². The number of carbonyl (C=O) groups excluding carboxylic acids is 5. The highest BCUT2D eigenvalue weighted by molar-refractivity contribution is 6.38. The van der Waals surface area contributed by atoms with Crippen molar-refractivity contribution >= 4 is 29.6 Å². The minimum Gasteiger partial charge on any atom is -0.446 e. The maximum absolute atomic E-state index is 14.8. The summed E-state index contributed by atoms with van der Waals surface area (Å²) >= 11 is 0. The SMILES string of the molecule is C=CCCC(NC(=O)[C@@H]1C2C(CN1C(=O)[C@@H](NC(=O)OC1CC3CC(CC)CC(C3)C1)C1Cc3ccccc3C1)C2(C)C)C(=O)C(=O)NCC=C. The van der Waals surface area contributed by atoms with Gasteiger partial charge in [-0.3, -0.25) is 19.2 Å². The standard InChI is InChI=1S/C41H56N4O6/c1-6-9-14-32(36(46)38(48)42-15-7-2)43-37(47)35-33-31(41(33,4)5)23-45(35)39(49)34(29-21-27-12-10-11-13-28(27)22-29)44-40(50)51-30-19-25-16-24(8-3)17-26(18-25)20-30/h6-7,10-13,24-26,29-35H,1-2,8-9,14-23H2,3-5H3,(H,42,48)(H,43,47)(H,44,50)/t24?,25?,26?,30?,31?,32?,33?,34-,35-/m0/s1. The fourth-order valence-electron chi connectivity index (χ4n) is 10.1. The van der Waals surface area contributed by atoms with Crippen molar-refractivity contribution < 1.29 is 28.7 Å². The van der Waals surface area contributed by atoms with E-state index in [9.17, 15) is 24.0 Å². The number of piperidine rings is 1. The zero-order chi connectivity index (χ0) is 36.4. The van der Waals surface area contributed by atoms with E-state index in [0.29, 0.717) is 37.6 Å². The van der Waals surface area contributed by atoms with Crippen LogP contribution in [0.15, 0.2) is 49.6 Å². The molecule has 5 aliphatic rings. The molecule has 1 saturated heterocycles. The number of hydrogen-bond acceptors (Lipinski definition) is 6. The molecule has 4 fully saturated rings. The summed E-state index contributed by atoms with van der Waals surface area (Å²) in [7, 11) is 0. The predicted octanol–water partition coefficient (Wildman–Crippen LogP) is 4.91. The number of amides is 4. The Balaban J connectivity index is 1.20. The second kappa shape index (κ2) is 15.3. The Hall–Kier alpha value is -3.95. The van der Waals surface area contributed by atoms with E-state index >= 15 is 0 Å². The van der Waals surface area contributed by atoms with Gasteiger partial charge in [0.05, 0.1) is 6.04 Å². The maximum atomic E-state index is 14.8. The Morgan fingerprint density at radius 3 is 2.24 bits per heavy atom. The Morgan fingerprint density at radius 1 is 0.961 bits per heavy atom. The van der Waals surface area contributed by atoms with Crippen molar-refractivity contribution in [1.29, 1.82) is 0 Å². The molecule has 0 radical (unpaired) electrons.